The van der Waals surface area contributed by atoms with Crippen LogP contribution in [-0.4, -0.2) is 28.5 Å². The number of carbonyl (C=O) groups excluding carboxylic acids is 1. The highest BCUT2D eigenvalue weighted by Gasteiger charge is 2.15. The van der Waals surface area contributed by atoms with Crippen LogP contribution in [0.4, 0.5) is 0 Å². The number of amides is 1. The lowest BCUT2D eigenvalue weighted by molar-refractivity contribution is -0.136. The lowest BCUT2D eigenvalue weighted by atomic mass is 9.95. The first-order valence-corrected chi connectivity index (χ1v) is 11.1. The summed E-state index contributed by atoms with van der Waals surface area (Å²) in [4.78, 5) is 27.7. The van der Waals surface area contributed by atoms with E-state index in [1.54, 1.807) is 0 Å². The first kappa shape index (κ1) is 24.3. The maximum atomic E-state index is 12.4. The highest BCUT2D eigenvalue weighted by molar-refractivity contribution is 6.30. The van der Waals surface area contributed by atoms with Gasteiger partial charge in [-0.1, -0.05) is 53.6 Å². The Hall–Kier alpha value is -3.38. The van der Waals surface area contributed by atoms with Gasteiger partial charge in [0.05, 0.1) is 0 Å². The van der Waals surface area contributed by atoms with Gasteiger partial charge in [-0.05, 0) is 61.9 Å². The normalized spacial score (nSPS) is 11.7. The van der Waals surface area contributed by atoms with Crippen LogP contribution in [0.15, 0.2) is 64.8 Å². The molecule has 0 saturated heterocycles. The SMILES string of the molecule is C/C(Cc1ccccc1CCC(=O)O)=C(\C)c1nc(C(=O)NCCc2ccc(Cl)cc2)co1. The number of allylic oxidation sites excluding steroid dienone is 2. The van der Waals surface area contributed by atoms with Crippen molar-refractivity contribution in [2.45, 2.75) is 39.5 Å². The van der Waals surface area contributed by atoms with Crippen molar-refractivity contribution in [1.82, 2.24) is 10.3 Å². The fraction of sp³-hybridized carbons (Fsp3) is 0.269. The number of nitrogens with zero attached hydrogens (tertiary/aromatic N) is 1. The van der Waals surface area contributed by atoms with E-state index in [4.69, 9.17) is 21.1 Å². The number of aliphatic carboxylic acids is 1. The number of benzene rings is 2. The molecule has 172 valence electrons. The molecule has 0 saturated carbocycles. The minimum atomic E-state index is -0.813. The number of oxazole rings is 1. The van der Waals surface area contributed by atoms with Crippen molar-refractivity contribution in [2.24, 2.45) is 0 Å². The lowest BCUT2D eigenvalue weighted by Gasteiger charge is -2.10. The quantitative estimate of drug-likeness (QED) is 0.420. The monoisotopic (exact) mass is 466 g/mol. The van der Waals surface area contributed by atoms with Gasteiger partial charge in [0.1, 0.15) is 6.26 Å². The number of hydrogen-bond acceptors (Lipinski definition) is 4. The van der Waals surface area contributed by atoms with Gasteiger partial charge in [-0.2, -0.15) is 0 Å². The van der Waals surface area contributed by atoms with Crippen molar-refractivity contribution in [1.29, 1.82) is 0 Å². The number of aryl methyl sites for hydroxylation is 1. The van der Waals surface area contributed by atoms with Crippen LogP contribution in [-0.2, 0) is 24.1 Å². The molecule has 6 nitrogen and oxygen atoms in total. The Kier molecular flexibility index (Phi) is 8.44. The van der Waals surface area contributed by atoms with Crippen molar-refractivity contribution in [3.05, 3.63) is 93.7 Å². The van der Waals surface area contributed by atoms with Gasteiger partial charge in [-0.15, -0.1) is 0 Å². The van der Waals surface area contributed by atoms with Gasteiger partial charge in [0, 0.05) is 23.6 Å². The van der Waals surface area contributed by atoms with E-state index in [9.17, 15) is 9.59 Å². The van der Waals surface area contributed by atoms with Crippen LogP contribution in [0.2, 0.25) is 5.02 Å². The summed E-state index contributed by atoms with van der Waals surface area (Å²) in [6, 6.07) is 15.3. The lowest BCUT2D eigenvalue weighted by Crippen LogP contribution is -2.26. The van der Waals surface area contributed by atoms with E-state index in [2.05, 4.69) is 10.3 Å². The molecular formula is C26H27ClN2O4. The van der Waals surface area contributed by atoms with Crippen LogP contribution in [0, 0.1) is 0 Å². The van der Waals surface area contributed by atoms with Gasteiger partial charge in [-0.3, -0.25) is 9.59 Å². The van der Waals surface area contributed by atoms with Gasteiger partial charge < -0.3 is 14.8 Å². The third kappa shape index (κ3) is 7.05. The highest BCUT2D eigenvalue weighted by atomic mass is 35.5. The molecule has 0 radical (unpaired) electrons. The van der Waals surface area contributed by atoms with Crippen LogP contribution in [0.25, 0.3) is 5.57 Å². The molecule has 2 aromatic carbocycles. The average molecular weight is 467 g/mol. The Morgan fingerprint density at radius 1 is 1.03 bits per heavy atom. The Balaban J connectivity index is 1.62. The van der Waals surface area contributed by atoms with E-state index in [0.29, 0.717) is 36.7 Å². The number of hydrogen-bond donors (Lipinski definition) is 2. The summed E-state index contributed by atoms with van der Waals surface area (Å²) in [7, 11) is 0. The Morgan fingerprint density at radius 3 is 2.42 bits per heavy atom. The van der Waals surface area contributed by atoms with Gasteiger partial charge in [0.25, 0.3) is 5.91 Å². The molecular weight excluding hydrogens is 440 g/mol. The molecule has 7 heteroatoms. The van der Waals surface area contributed by atoms with Crippen LogP contribution in [0.1, 0.15) is 53.3 Å². The second-order valence-corrected chi connectivity index (χ2v) is 8.35. The predicted molar refractivity (Wildman–Crippen MR) is 128 cm³/mol. The molecule has 33 heavy (non-hydrogen) atoms. The number of aromatic nitrogens is 1. The van der Waals surface area contributed by atoms with Gasteiger partial charge in [0.15, 0.2) is 5.69 Å². The molecule has 2 N–H and O–H groups in total. The van der Waals surface area contributed by atoms with Crippen molar-refractivity contribution in [3.8, 4) is 0 Å². The molecule has 0 bridgehead atoms. The Bertz CT molecular complexity index is 1150. The molecule has 3 rings (SSSR count). The summed E-state index contributed by atoms with van der Waals surface area (Å²) in [5.74, 6) is -0.700. The minimum absolute atomic E-state index is 0.0922. The number of rotatable bonds is 10. The summed E-state index contributed by atoms with van der Waals surface area (Å²) in [6.07, 6.45) is 3.27. The smallest absolute Gasteiger partial charge is 0.303 e. The van der Waals surface area contributed by atoms with Crippen LogP contribution < -0.4 is 5.32 Å². The summed E-state index contributed by atoms with van der Waals surface area (Å²) < 4.78 is 5.57. The topological polar surface area (TPSA) is 92.4 Å². The van der Waals surface area contributed by atoms with E-state index in [1.165, 1.54) is 6.26 Å². The number of carbonyl (C=O) groups is 2. The van der Waals surface area contributed by atoms with Gasteiger partial charge in [0.2, 0.25) is 5.89 Å². The molecule has 1 aromatic heterocycles. The minimum Gasteiger partial charge on any atom is -0.481 e. The molecule has 1 amide bonds. The largest absolute Gasteiger partial charge is 0.481 e. The highest BCUT2D eigenvalue weighted by Crippen LogP contribution is 2.23. The summed E-state index contributed by atoms with van der Waals surface area (Å²) in [5.41, 5.74) is 5.29. The summed E-state index contributed by atoms with van der Waals surface area (Å²) >= 11 is 5.89. The summed E-state index contributed by atoms with van der Waals surface area (Å²) in [6.45, 7) is 4.37. The molecule has 1 heterocycles. The zero-order valence-electron chi connectivity index (χ0n) is 18.7. The predicted octanol–water partition coefficient (Wildman–Crippen LogP) is 5.35. The first-order chi connectivity index (χ1) is 15.8. The van der Waals surface area contributed by atoms with Crippen molar-refractivity contribution in [3.63, 3.8) is 0 Å². The van der Waals surface area contributed by atoms with Crippen molar-refractivity contribution >= 4 is 29.1 Å². The van der Waals surface area contributed by atoms with Crippen LogP contribution >= 0.6 is 11.6 Å². The van der Waals surface area contributed by atoms with E-state index in [-0.39, 0.29) is 18.0 Å². The molecule has 0 aliphatic rings. The Morgan fingerprint density at radius 2 is 1.73 bits per heavy atom. The van der Waals surface area contributed by atoms with E-state index >= 15 is 0 Å². The van der Waals surface area contributed by atoms with Crippen LogP contribution in [0.5, 0.6) is 0 Å². The number of halogens is 1. The second-order valence-electron chi connectivity index (χ2n) is 7.91. The van der Waals surface area contributed by atoms with Crippen LogP contribution in [0.3, 0.4) is 0 Å². The number of nitrogens with one attached hydrogen (secondary N) is 1. The van der Waals surface area contributed by atoms with E-state index < -0.39 is 5.97 Å². The van der Waals surface area contributed by atoms with E-state index in [1.807, 2.05) is 62.4 Å². The average Bonchev–Trinajstić information content (AvgIpc) is 3.29. The zero-order chi connectivity index (χ0) is 23.8. The fourth-order valence-electron chi connectivity index (χ4n) is 3.43. The standard InChI is InChI=1S/C26H27ClN2O4/c1-17(15-21-6-4-3-5-20(21)9-12-24(30)31)18(2)26-29-23(16-33-26)25(32)28-14-13-19-7-10-22(27)11-8-19/h3-8,10-11,16H,9,12-15H2,1-2H3,(H,28,32)(H,30,31)/b18-17-. The number of carboxylic acid groups (broad SMARTS) is 1. The Labute approximate surface area is 198 Å². The molecule has 0 spiro atoms. The molecule has 0 fully saturated rings. The number of carboxylic acids is 1. The molecule has 3 aromatic rings. The maximum absolute atomic E-state index is 12.4. The third-order valence-corrected chi connectivity index (χ3v) is 5.74. The maximum Gasteiger partial charge on any atom is 0.303 e. The van der Waals surface area contributed by atoms with Gasteiger partial charge >= 0.3 is 5.97 Å². The first-order valence-electron chi connectivity index (χ1n) is 10.8. The molecule has 0 unspecified atom stereocenters. The molecule has 0 atom stereocenters. The van der Waals surface area contributed by atoms with Gasteiger partial charge in [-0.25, -0.2) is 4.98 Å². The molecule has 0 aliphatic carbocycles. The fourth-order valence-corrected chi connectivity index (χ4v) is 3.55. The second kappa shape index (κ2) is 11.5. The zero-order valence-corrected chi connectivity index (χ0v) is 19.5. The van der Waals surface area contributed by atoms with Crippen molar-refractivity contribution in [2.75, 3.05) is 6.54 Å². The molecule has 0 aliphatic heterocycles. The summed E-state index contributed by atoms with van der Waals surface area (Å²) in [5, 5.41) is 12.5. The van der Waals surface area contributed by atoms with Crippen molar-refractivity contribution < 1.29 is 19.1 Å². The van der Waals surface area contributed by atoms with E-state index in [0.717, 1.165) is 27.8 Å². The third-order valence-electron chi connectivity index (χ3n) is 5.49.